The Balaban J connectivity index is 1.65. The first-order chi connectivity index (χ1) is 12.2. The van der Waals surface area contributed by atoms with E-state index in [0.717, 1.165) is 36.8 Å². The summed E-state index contributed by atoms with van der Waals surface area (Å²) in [7, 11) is 5.75. The minimum Gasteiger partial charge on any atom is -0.493 e. The van der Waals surface area contributed by atoms with E-state index in [4.69, 9.17) is 9.47 Å². The zero-order valence-corrected chi connectivity index (χ0v) is 15.4. The lowest BCUT2D eigenvalue weighted by molar-refractivity contribution is 0.258. The number of methoxy groups -OCH3 is 2. The molecule has 2 aromatic rings. The minimum absolute atomic E-state index is 0.599. The summed E-state index contributed by atoms with van der Waals surface area (Å²) in [5.74, 6) is 3.11. The van der Waals surface area contributed by atoms with Crippen LogP contribution >= 0.6 is 0 Å². The average Bonchev–Trinajstić information content (AvgIpc) is 2.97. The highest BCUT2D eigenvalue weighted by molar-refractivity contribution is 5.53. The quantitative estimate of drug-likeness (QED) is 0.844. The molecule has 1 fully saturated rings. The van der Waals surface area contributed by atoms with E-state index >= 15 is 0 Å². The molecule has 3 heteroatoms. The molecule has 0 N–H and O–H groups in total. The third-order valence-electron chi connectivity index (χ3n) is 6.16. The standard InChI is InChI=1S/C22H27NO2/c1-23-14-19-16-11-12-21(24-2)22(25-3)18(16)10-9-17(19)20(23)13-15-7-5-4-6-8-15/h4-8,11-12,17,19-20H,9-10,13-14H2,1-3H3. The SMILES string of the molecule is COc1ccc2c(c1OC)CCC1C2CN(C)C1Cc1ccccc1. The van der Waals surface area contributed by atoms with Crippen molar-refractivity contribution in [2.45, 2.75) is 31.2 Å². The van der Waals surface area contributed by atoms with E-state index in [0.29, 0.717) is 12.0 Å². The van der Waals surface area contributed by atoms with E-state index < -0.39 is 0 Å². The van der Waals surface area contributed by atoms with Crippen molar-refractivity contribution in [2.24, 2.45) is 5.92 Å². The van der Waals surface area contributed by atoms with E-state index in [1.807, 2.05) is 0 Å². The molecule has 132 valence electrons. The first kappa shape index (κ1) is 16.5. The average molecular weight is 337 g/mol. The second kappa shape index (κ2) is 6.72. The molecule has 0 saturated carbocycles. The molecule has 4 rings (SSSR count). The normalized spacial score (nSPS) is 25.3. The summed E-state index contributed by atoms with van der Waals surface area (Å²) in [5.41, 5.74) is 4.27. The zero-order chi connectivity index (χ0) is 17.4. The Kier molecular flexibility index (Phi) is 4.43. The fourth-order valence-electron chi connectivity index (χ4n) is 4.98. The van der Waals surface area contributed by atoms with Gasteiger partial charge in [0.2, 0.25) is 0 Å². The second-order valence-electron chi connectivity index (χ2n) is 7.37. The molecule has 2 aromatic carbocycles. The van der Waals surface area contributed by atoms with Gasteiger partial charge in [-0.15, -0.1) is 0 Å². The van der Waals surface area contributed by atoms with Gasteiger partial charge in [-0.1, -0.05) is 36.4 Å². The van der Waals surface area contributed by atoms with Crippen LogP contribution in [-0.2, 0) is 12.8 Å². The number of benzene rings is 2. The highest BCUT2D eigenvalue weighted by Gasteiger charge is 2.43. The monoisotopic (exact) mass is 337 g/mol. The molecule has 1 aliphatic heterocycles. The van der Waals surface area contributed by atoms with E-state index in [-0.39, 0.29) is 0 Å². The molecule has 0 bridgehead atoms. The van der Waals surface area contributed by atoms with Crippen LogP contribution in [0.3, 0.4) is 0 Å². The highest BCUT2D eigenvalue weighted by Crippen LogP contribution is 2.49. The Morgan fingerprint density at radius 2 is 1.84 bits per heavy atom. The predicted octanol–water partition coefficient (Wildman–Crippen LogP) is 3.91. The summed E-state index contributed by atoms with van der Waals surface area (Å²) in [6.45, 7) is 1.13. The van der Waals surface area contributed by atoms with Gasteiger partial charge in [-0.2, -0.15) is 0 Å². The van der Waals surface area contributed by atoms with E-state index in [1.165, 1.54) is 23.1 Å². The summed E-state index contributed by atoms with van der Waals surface area (Å²) in [6.07, 6.45) is 3.44. The van der Waals surface area contributed by atoms with Crippen molar-refractivity contribution < 1.29 is 9.47 Å². The molecule has 3 atom stereocenters. The molecule has 1 aliphatic carbocycles. The number of rotatable bonds is 4. The number of likely N-dealkylation sites (tertiary alicyclic amines) is 1. The lowest BCUT2D eigenvalue weighted by Crippen LogP contribution is -2.32. The third-order valence-corrected chi connectivity index (χ3v) is 6.16. The molecular weight excluding hydrogens is 310 g/mol. The number of likely N-dealkylation sites (N-methyl/N-ethyl adjacent to an activating group) is 1. The summed E-state index contributed by atoms with van der Waals surface area (Å²) < 4.78 is 11.2. The molecule has 0 radical (unpaired) electrons. The third kappa shape index (κ3) is 2.81. The lowest BCUT2D eigenvalue weighted by atomic mass is 9.73. The number of hydrogen-bond donors (Lipinski definition) is 0. The van der Waals surface area contributed by atoms with Crippen LogP contribution in [0.5, 0.6) is 11.5 Å². The Hall–Kier alpha value is -2.00. The van der Waals surface area contributed by atoms with Crippen LogP contribution in [0, 0.1) is 5.92 Å². The molecule has 0 aromatic heterocycles. The Morgan fingerprint density at radius 3 is 2.56 bits per heavy atom. The van der Waals surface area contributed by atoms with Crippen LogP contribution < -0.4 is 9.47 Å². The van der Waals surface area contributed by atoms with Gasteiger partial charge in [0.15, 0.2) is 11.5 Å². The maximum atomic E-state index is 5.69. The van der Waals surface area contributed by atoms with Crippen molar-refractivity contribution >= 4 is 0 Å². The summed E-state index contributed by atoms with van der Waals surface area (Å²) >= 11 is 0. The number of fused-ring (bicyclic) bond motifs is 3. The van der Waals surface area contributed by atoms with Gasteiger partial charge in [0.1, 0.15) is 0 Å². The number of ether oxygens (including phenoxy) is 2. The first-order valence-electron chi connectivity index (χ1n) is 9.20. The van der Waals surface area contributed by atoms with Gasteiger partial charge < -0.3 is 14.4 Å². The molecule has 3 nitrogen and oxygen atoms in total. The maximum absolute atomic E-state index is 5.69. The summed E-state index contributed by atoms with van der Waals surface area (Å²) in [6, 6.07) is 15.9. The van der Waals surface area contributed by atoms with Crippen molar-refractivity contribution in [3.8, 4) is 11.5 Å². The Bertz CT molecular complexity index is 743. The number of hydrogen-bond acceptors (Lipinski definition) is 3. The largest absolute Gasteiger partial charge is 0.493 e. The molecule has 25 heavy (non-hydrogen) atoms. The molecule has 0 spiro atoms. The zero-order valence-electron chi connectivity index (χ0n) is 15.4. The van der Waals surface area contributed by atoms with Gasteiger partial charge in [0.25, 0.3) is 0 Å². The summed E-state index contributed by atoms with van der Waals surface area (Å²) in [5, 5.41) is 0. The van der Waals surface area contributed by atoms with Crippen LogP contribution in [0.1, 0.15) is 29.0 Å². The minimum atomic E-state index is 0.599. The molecule has 1 saturated heterocycles. The first-order valence-corrected chi connectivity index (χ1v) is 9.20. The Labute approximate surface area is 150 Å². The molecule has 2 aliphatic rings. The van der Waals surface area contributed by atoms with E-state index in [2.05, 4.69) is 54.4 Å². The fraction of sp³-hybridized carbons (Fsp3) is 0.455. The van der Waals surface area contributed by atoms with Crippen LogP contribution in [0.25, 0.3) is 0 Å². The smallest absolute Gasteiger partial charge is 0.164 e. The molecule has 3 unspecified atom stereocenters. The predicted molar refractivity (Wildman–Crippen MR) is 101 cm³/mol. The fourth-order valence-corrected chi connectivity index (χ4v) is 4.98. The van der Waals surface area contributed by atoms with Gasteiger partial charge >= 0.3 is 0 Å². The van der Waals surface area contributed by atoms with Gasteiger partial charge in [-0.05, 0) is 49.4 Å². The van der Waals surface area contributed by atoms with Gasteiger partial charge in [0.05, 0.1) is 14.2 Å². The lowest BCUT2D eigenvalue weighted by Gasteiger charge is -2.32. The Morgan fingerprint density at radius 1 is 1.04 bits per heavy atom. The van der Waals surface area contributed by atoms with Crippen LogP contribution in [0.15, 0.2) is 42.5 Å². The van der Waals surface area contributed by atoms with E-state index in [9.17, 15) is 0 Å². The van der Waals surface area contributed by atoms with Crippen LogP contribution in [0.4, 0.5) is 0 Å². The topological polar surface area (TPSA) is 21.7 Å². The van der Waals surface area contributed by atoms with Crippen LogP contribution in [0.2, 0.25) is 0 Å². The van der Waals surface area contributed by atoms with Gasteiger partial charge in [-0.3, -0.25) is 0 Å². The van der Waals surface area contributed by atoms with Crippen molar-refractivity contribution in [1.82, 2.24) is 4.90 Å². The molecule has 0 amide bonds. The van der Waals surface area contributed by atoms with Crippen molar-refractivity contribution in [2.75, 3.05) is 27.8 Å². The maximum Gasteiger partial charge on any atom is 0.164 e. The van der Waals surface area contributed by atoms with Crippen molar-refractivity contribution in [3.63, 3.8) is 0 Å². The van der Waals surface area contributed by atoms with E-state index in [1.54, 1.807) is 14.2 Å². The van der Waals surface area contributed by atoms with Crippen molar-refractivity contribution in [3.05, 3.63) is 59.2 Å². The van der Waals surface area contributed by atoms with Gasteiger partial charge in [0, 0.05) is 24.1 Å². The molecular formula is C22H27NO2. The van der Waals surface area contributed by atoms with Crippen molar-refractivity contribution in [1.29, 1.82) is 0 Å². The highest BCUT2D eigenvalue weighted by atomic mass is 16.5. The second-order valence-corrected chi connectivity index (χ2v) is 7.37. The summed E-state index contributed by atoms with van der Waals surface area (Å²) in [4.78, 5) is 2.56. The van der Waals surface area contributed by atoms with Gasteiger partial charge in [-0.25, -0.2) is 0 Å². The molecule has 1 heterocycles. The van der Waals surface area contributed by atoms with Crippen LogP contribution in [-0.4, -0.2) is 38.8 Å². The number of nitrogens with zero attached hydrogens (tertiary/aromatic N) is 1.